The van der Waals surface area contributed by atoms with E-state index in [1.54, 1.807) is 11.3 Å². The van der Waals surface area contributed by atoms with E-state index in [4.69, 9.17) is 0 Å². The van der Waals surface area contributed by atoms with E-state index in [2.05, 4.69) is 17.5 Å². The Morgan fingerprint density at radius 2 is 2.38 bits per heavy atom. The fourth-order valence-electron chi connectivity index (χ4n) is 2.78. The van der Waals surface area contributed by atoms with Gasteiger partial charge in [0, 0.05) is 10.9 Å². The molecule has 3 heteroatoms. The van der Waals surface area contributed by atoms with Gasteiger partial charge in [-0.15, -0.1) is 11.3 Å². The van der Waals surface area contributed by atoms with Gasteiger partial charge < -0.3 is 5.32 Å². The molecule has 3 rings (SSSR count). The summed E-state index contributed by atoms with van der Waals surface area (Å²) < 4.78 is 0. The van der Waals surface area contributed by atoms with E-state index in [9.17, 15) is 4.79 Å². The van der Waals surface area contributed by atoms with Crippen LogP contribution in [0.3, 0.4) is 0 Å². The lowest BCUT2D eigenvalue weighted by Crippen LogP contribution is -2.38. The van der Waals surface area contributed by atoms with Crippen LogP contribution in [0, 0.1) is 11.8 Å². The summed E-state index contributed by atoms with van der Waals surface area (Å²) >= 11 is 1.65. The molecule has 3 atom stereocenters. The summed E-state index contributed by atoms with van der Waals surface area (Å²) in [6.45, 7) is 0. The molecular weight excluding hydrogens is 218 g/mol. The topological polar surface area (TPSA) is 29.1 Å². The van der Waals surface area contributed by atoms with Crippen LogP contribution in [0.25, 0.3) is 0 Å². The van der Waals surface area contributed by atoms with Crippen molar-refractivity contribution in [2.75, 3.05) is 0 Å². The van der Waals surface area contributed by atoms with Crippen LogP contribution in [0.5, 0.6) is 0 Å². The molecule has 1 aromatic heterocycles. The van der Waals surface area contributed by atoms with Crippen molar-refractivity contribution in [3.63, 3.8) is 0 Å². The molecule has 2 aliphatic carbocycles. The predicted molar refractivity (Wildman–Crippen MR) is 65.3 cm³/mol. The largest absolute Gasteiger partial charge is 0.352 e. The van der Waals surface area contributed by atoms with Crippen LogP contribution in [0.2, 0.25) is 0 Å². The van der Waals surface area contributed by atoms with Crippen molar-refractivity contribution in [3.8, 4) is 0 Å². The Morgan fingerprint density at radius 3 is 3.00 bits per heavy atom. The van der Waals surface area contributed by atoms with E-state index in [1.807, 2.05) is 17.5 Å². The molecule has 1 N–H and O–H groups in total. The number of hydrogen-bond acceptors (Lipinski definition) is 2. The molecule has 3 unspecified atom stereocenters. The van der Waals surface area contributed by atoms with E-state index in [0.29, 0.717) is 18.4 Å². The number of carbonyl (C=O) groups excluding carboxylic acids is 1. The molecule has 0 aliphatic heterocycles. The molecule has 1 aromatic rings. The minimum Gasteiger partial charge on any atom is -0.352 e. The molecule has 0 aromatic carbocycles. The molecule has 1 saturated carbocycles. The lowest BCUT2D eigenvalue weighted by Gasteiger charge is -2.19. The number of amides is 1. The lowest BCUT2D eigenvalue weighted by molar-refractivity contribution is -0.121. The van der Waals surface area contributed by atoms with Gasteiger partial charge in [0.2, 0.25) is 5.91 Å². The molecule has 84 valence electrons. The van der Waals surface area contributed by atoms with Crippen molar-refractivity contribution in [3.05, 3.63) is 34.5 Å². The van der Waals surface area contributed by atoms with Crippen molar-refractivity contribution in [2.24, 2.45) is 11.8 Å². The zero-order valence-electron chi connectivity index (χ0n) is 9.06. The predicted octanol–water partition coefficient (Wildman–Crippen LogP) is 2.37. The number of nitrogens with one attached hydrogen (secondary N) is 1. The summed E-state index contributed by atoms with van der Waals surface area (Å²) in [4.78, 5) is 13.0. The summed E-state index contributed by atoms with van der Waals surface area (Å²) in [5.74, 6) is 1.49. The van der Waals surface area contributed by atoms with Gasteiger partial charge in [-0.3, -0.25) is 4.79 Å². The molecule has 2 bridgehead atoms. The van der Waals surface area contributed by atoms with Crippen LogP contribution in [-0.4, -0.2) is 11.9 Å². The van der Waals surface area contributed by atoms with Crippen LogP contribution in [0.1, 0.15) is 17.7 Å². The van der Waals surface area contributed by atoms with Crippen LogP contribution in [-0.2, 0) is 11.2 Å². The number of hydrogen-bond donors (Lipinski definition) is 1. The van der Waals surface area contributed by atoms with Gasteiger partial charge in [-0.1, -0.05) is 18.2 Å². The standard InChI is InChI=1S/C13H15NOS/c15-13(8-11-2-1-5-16-11)14-12-7-9-3-4-10(12)6-9/h1-5,9-10,12H,6-8H2,(H,14,15). The van der Waals surface area contributed by atoms with Crippen molar-refractivity contribution in [2.45, 2.75) is 25.3 Å². The van der Waals surface area contributed by atoms with E-state index in [0.717, 1.165) is 17.2 Å². The average molecular weight is 233 g/mol. The highest BCUT2D eigenvalue weighted by molar-refractivity contribution is 7.10. The first-order valence-electron chi connectivity index (χ1n) is 5.81. The van der Waals surface area contributed by atoms with Crippen LogP contribution in [0.4, 0.5) is 0 Å². The van der Waals surface area contributed by atoms with E-state index < -0.39 is 0 Å². The van der Waals surface area contributed by atoms with Gasteiger partial charge in [-0.25, -0.2) is 0 Å². The SMILES string of the molecule is O=C(Cc1cccs1)NC1CC2C=CC1C2. The second-order valence-electron chi connectivity index (χ2n) is 4.71. The Hall–Kier alpha value is -1.09. The Balaban J connectivity index is 1.55. The number of allylic oxidation sites excluding steroid dienone is 1. The van der Waals surface area contributed by atoms with Gasteiger partial charge >= 0.3 is 0 Å². The highest BCUT2D eigenvalue weighted by atomic mass is 32.1. The van der Waals surface area contributed by atoms with Crippen LogP contribution in [0.15, 0.2) is 29.7 Å². The molecule has 2 aliphatic rings. The Kier molecular flexibility index (Phi) is 2.56. The minimum atomic E-state index is 0.174. The molecule has 1 amide bonds. The maximum absolute atomic E-state index is 11.8. The highest BCUT2D eigenvalue weighted by Gasteiger charge is 2.36. The van der Waals surface area contributed by atoms with Crippen molar-refractivity contribution in [1.29, 1.82) is 0 Å². The van der Waals surface area contributed by atoms with Gasteiger partial charge in [0.15, 0.2) is 0 Å². The fraction of sp³-hybridized carbons (Fsp3) is 0.462. The fourth-order valence-corrected chi connectivity index (χ4v) is 3.48. The van der Waals surface area contributed by atoms with Gasteiger partial charge in [0.25, 0.3) is 0 Å². The highest BCUT2D eigenvalue weighted by Crippen LogP contribution is 2.38. The zero-order chi connectivity index (χ0) is 11.0. The third-order valence-electron chi connectivity index (χ3n) is 3.54. The molecule has 2 nitrogen and oxygen atoms in total. The second kappa shape index (κ2) is 4.06. The maximum Gasteiger partial charge on any atom is 0.225 e. The van der Waals surface area contributed by atoms with Crippen molar-refractivity contribution in [1.82, 2.24) is 5.32 Å². The van der Waals surface area contributed by atoms with Gasteiger partial charge in [-0.05, 0) is 36.1 Å². The molecule has 0 radical (unpaired) electrons. The van der Waals surface area contributed by atoms with Crippen molar-refractivity contribution < 1.29 is 4.79 Å². The smallest absolute Gasteiger partial charge is 0.225 e. The summed E-state index contributed by atoms with van der Waals surface area (Å²) in [7, 11) is 0. The first kappa shape index (κ1) is 10.1. The number of thiophene rings is 1. The molecule has 0 saturated heterocycles. The summed E-state index contributed by atoms with van der Waals surface area (Å²) in [5, 5.41) is 5.18. The minimum absolute atomic E-state index is 0.174. The summed E-state index contributed by atoms with van der Waals surface area (Å²) in [6.07, 6.45) is 7.48. The van der Waals surface area contributed by atoms with E-state index in [1.165, 1.54) is 6.42 Å². The molecule has 16 heavy (non-hydrogen) atoms. The Labute approximate surface area is 99.4 Å². The first-order valence-corrected chi connectivity index (χ1v) is 6.69. The summed E-state index contributed by atoms with van der Waals surface area (Å²) in [6, 6.07) is 4.40. The lowest BCUT2D eigenvalue weighted by atomic mass is 10.0. The van der Waals surface area contributed by atoms with Gasteiger partial charge in [-0.2, -0.15) is 0 Å². The third kappa shape index (κ3) is 1.92. The first-order chi connectivity index (χ1) is 7.81. The van der Waals surface area contributed by atoms with E-state index >= 15 is 0 Å². The molecular formula is C13H15NOS. The monoisotopic (exact) mass is 233 g/mol. The van der Waals surface area contributed by atoms with Crippen LogP contribution >= 0.6 is 11.3 Å². The maximum atomic E-state index is 11.8. The molecule has 1 heterocycles. The average Bonchev–Trinajstić information content (AvgIpc) is 2.92. The van der Waals surface area contributed by atoms with Crippen LogP contribution < -0.4 is 5.32 Å². The summed E-state index contributed by atoms with van der Waals surface area (Å²) in [5.41, 5.74) is 0. The Bertz CT molecular complexity index is 410. The number of carbonyl (C=O) groups is 1. The quantitative estimate of drug-likeness (QED) is 0.798. The van der Waals surface area contributed by atoms with Gasteiger partial charge in [0.1, 0.15) is 0 Å². The van der Waals surface area contributed by atoms with Crippen molar-refractivity contribution >= 4 is 17.2 Å². The van der Waals surface area contributed by atoms with Gasteiger partial charge in [0.05, 0.1) is 6.42 Å². The number of fused-ring (bicyclic) bond motifs is 2. The second-order valence-corrected chi connectivity index (χ2v) is 5.74. The van der Waals surface area contributed by atoms with E-state index in [-0.39, 0.29) is 5.91 Å². The Morgan fingerprint density at radius 1 is 1.44 bits per heavy atom. The molecule has 1 fully saturated rings. The normalized spacial score (nSPS) is 30.9. The molecule has 0 spiro atoms. The zero-order valence-corrected chi connectivity index (χ0v) is 9.87. The third-order valence-corrected chi connectivity index (χ3v) is 4.42. The number of rotatable bonds is 3.